The van der Waals surface area contributed by atoms with Crippen LogP contribution < -0.4 is 0 Å². The average molecular weight is 203 g/mol. The van der Waals surface area contributed by atoms with Gasteiger partial charge >= 0.3 is 6.09 Å². The lowest BCUT2D eigenvalue weighted by Crippen LogP contribution is -2.58. The number of carboxylic acid groups (broad SMARTS) is 1. The molecule has 0 aromatic heterocycles. The van der Waals surface area contributed by atoms with Gasteiger partial charge in [-0.05, 0) is 34.6 Å². The lowest BCUT2D eigenvalue weighted by atomic mass is 9.96. The third-order valence-electron chi connectivity index (χ3n) is 1.96. The third-order valence-corrected chi connectivity index (χ3v) is 1.96. The number of ether oxygens (including phenoxy) is 1. The van der Waals surface area contributed by atoms with E-state index in [1.54, 1.807) is 7.11 Å². The van der Waals surface area contributed by atoms with Crippen molar-refractivity contribution < 1.29 is 14.6 Å². The summed E-state index contributed by atoms with van der Waals surface area (Å²) in [7, 11) is 1.57. The zero-order valence-electron chi connectivity index (χ0n) is 9.92. The number of nitrogens with zero attached hydrogens (tertiary/aromatic N) is 1. The maximum atomic E-state index is 11.1. The van der Waals surface area contributed by atoms with Gasteiger partial charge in [0.2, 0.25) is 0 Å². The molecule has 0 saturated carbocycles. The van der Waals surface area contributed by atoms with Crippen molar-refractivity contribution in [2.24, 2.45) is 0 Å². The van der Waals surface area contributed by atoms with Crippen LogP contribution in [0.1, 0.15) is 34.6 Å². The first-order valence-electron chi connectivity index (χ1n) is 4.65. The van der Waals surface area contributed by atoms with E-state index in [4.69, 9.17) is 9.84 Å². The Bertz CT molecular complexity index is 206. The van der Waals surface area contributed by atoms with E-state index in [2.05, 4.69) is 0 Å². The molecule has 0 heterocycles. The molecule has 0 atom stereocenters. The highest BCUT2D eigenvalue weighted by Gasteiger charge is 2.38. The molecule has 0 rings (SSSR count). The molecule has 4 heteroatoms. The molecule has 14 heavy (non-hydrogen) atoms. The first-order valence-corrected chi connectivity index (χ1v) is 4.65. The van der Waals surface area contributed by atoms with Gasteiger partial charge in [0, 0.05) is 12.6 Å². The van der Waals surface area contributed by atoms with E-state index < -0.39 is 17.2 Å². The number of hydrogen-bond acceptors (Lipinski definition) is 2. The van der Waals surface area contributed by atoms with E-state index >= 15 is 0 Å². The second-order valence-electron chi connectivity index (χ2n) is 5.03. The smallest absolute Gasteiger partial charge is 0.408 e. The minimum Gasteiger partial charge on any atom is -0.465 e. The molecular formula is C10H21NO3. The summed E-state index contributed by atoms with van der Waals surface area (Å²) in [4.78, 5) is 12.6. The van der Waals surface area contributed by atoms with E-state index in [1.807, 2.05) is 34.6 Å². The number of methoxy groups -OCH3 is 1. The summed E-state index contributed by atoms with van der Waals surface area (Å²) >= 11 is 0. The summed E-state index contributed by atoms with van der Waals surface area (Å²) in [5.74, 6) is 0. The van der Waals surface area contributed by atoms with E-state index in [0.717, 1.165) is 0 Å². The molecule has 1 amide bonds. The maximum Gasteiger partial charge on any atom is 0.408 e. The SMILES string of the molecule is COCC(C)(C)N(C(=O)O)C(C)(C)C. The van der Waals surface area contributed by atoms with Crippen LogP contribution in [0.25, 0.3) is 0 Å². The van der Waals surface area contributed by atoms with Crippen molar-refractivity contribution in [2.75, 3.05) is 13.7 Å². The van der Waals surface area contributed by atoms with E-state index in [1.165, 1.54) is 4.90 Å². The number of carbonyl (C=O) groups is 1. The van der Waals surface area contributed by atoms with Crippen LogP contribution in [0.5, 0.6) is 0 Å². The number of hydrogen-bond donors (Lipinski definition) is 1. The molecule has 0 radical (unpaired) electrons. The Hall–Kier alpha value is -0.770. The van der Waals surface area contributed by atoms with Gasteiger partial charge in [-0.3, -0.25) is 4.90 Å². The Morgan fingerprint density at radius 3 is 1.93 bits per heavy atom. The second-order valence-corrected chi connectivity index (χ2v) is 5.03. The predicted molar refractivity (Wildman–Crippen MR) is 55.6 cm³/mol. The van der Waals surface area contributed by atoms with Crippen LogP contribution in [0.3, 0.4) is 0 Å². The van der Waals surface area contributed by atoms with Gasteiger partial charge in [0.15, 0.2) is 0 Å². The van der Waals surface area contributed by atoms with E-state index in [-0.39, 0.29) is 0 Å². The van der Waals surface area contributed by atoms with Crippen molar-refractivity contribution >= 4 is 6.09 Å². The van der Waals surface area contributed by atoms with Crippen LogP contribution in [-0.4, -0.2) is 40.9 Å². The van der Waals surface area contributed by atoms with Crippen molar-refractivity contribution in [1.29, 1.82) is 0 Å². The first kappa shape index (κ1) is 13.2. The second kappa shape index (κ2) is 4.17. The molecule has 0 saturated heterocycles. The van der Waals surface area contributed by atoms with Gasteiger partial charge in [-0.15, -0.1) is 0 Å². The van der Waals surface area contributed by atoms with Crippen molar-refractivity contribution in [3.05, 3.63) is 0 Å². The highest BCUT2D eigenvalue weighted by Crippen LogP contribution is 2.25. The largest absolute Gasteiger partial charge is 0.465 e. The predicted octanol–water partition coefficient (Wildman–Crippen LogP) is 2.19. The lowest BCUT2D eigenvalue weighted by molar-refractivity contribution is -0.00823. The molecule has 1 N–H and O–H groups in total. The van der Waals surface area contributed by atoms with Gasteiger partial charge in [-0.1, -0.05) is 0 Å². The lowest BCUT2D eigenvalue weighted by Gasteiger charge is -2.44. The average Bonchev–Trinajstić information content (AvgIpc) is 1.78. The summed E-state index contributed by atoms with van der Waals surface area (Å²) in [5.41, 5.74) is -0.938. The van der Waals surface area contributed by atoms with Gasteiger partial charge in [-0.2, -0.15) is 0 Å². The molecule has 84 valence electrons. The number of amides is 1. The third kappa shape index (κ3) is 3.18. The van der Waals surface area contributed by atoms with Crippen LogP contribution in [-0.2, 0) is 4.74 Å². The normalized spacial score (nSPS) is 12.7. The van der Waals surface area contributed by atoms with Crippen LogP contribution in [0.2, 0.25) is 0 Å². The van der Waals surface area contributed by atoms with Gasteiger partial charge in [0.1, 0.15) is 0 Å². The standard InChI is InChI=1S/C10H21NO3/c1-9(2,3)11(8(12)13)10(4,5)7-14-6/h7H2,1-6H3,(H,12,13). The van der Waals surface area contributed by atoms with Gasteiger partial charge in [0.05, 0.1) is 12.1 Å². The van der Waals surface area contributed by atoms with Crippen molar-refractivity contribution in [2.45, 2.75) is 45.7 Å². The first-order chi connectivity index (χ1) is 6.13. The van der Waals surface area contributed by atoms with Gasteiger partial charge in [-0.25, -0.2) is 4.79 Å². The van der Waals surface area contributed by atoms with E-state index in [0.29, 0.717) is 6.61 Å². The van der Waals surface area contributed by atoms with Crippen LogP contribution in [0.15, 0.2) is 0 Å². The molecule has 0 aliphatic heterocycles. The van der Waals surface area contributed by atoms with Crippen LogP contribution >= 0.6 is 0 Å². The molecule has 4 nitrogen and oxygen atoms in total. The monoisotopic (exact) mass is 203 g/mol. The number of rotatable bonds is 3. The van der Waals surface area contributed by atoms with Crippen molar-refractivity contribution in [3.8, 4) is 0 Å². The summed E-state index contributed by atoms with van der Waals surface area (Å²) < 4.78 is 5.03. The Balaban J connectivity index is 4.92. The molecular weight excluding hydrogens is 182 g/mol. The quantitative estimate of drug-likeness (QED) is 0.765. The van der Waals surface area contributed by atoms with Crippen molar-refractivity contribution in [1.82, 2.24) is 4.90 Å². The van der Waals surface area contributed by atoms with Gasteiger partial charge in [0.25, 0.3) is 0 Å². The molecule has 0 aromatic rings. The molecule has 0 fully saturated rings. The van der Waals surface area contributed by atoms with E-state index in [9.17, 15) is 4.79 Å². The molecule has 0 aromatic carbocycles. The fraction of sp³-hybridized carbons (Fsp3) is 0.900. The fourth-order valence-electron chi connectivity index (χ4n) is 1.87. The van der Waals surface area contributed by atoms with Crippen LogP contribution in [0.4, 0.5) is 4.79 Å². The zero-order valence-corrected chi connectivity index (χ0v) is 9.92. The molecule has 0 spiro atoms. The summed E-state index contributed by atoms with van der Waals surface area (Å²) in [6, 6.07) is 0. The Morgan fingerprint density at radius 1 is 1.29 bits per heavy atom. The maximum absolute atomic E-state index is 11.1. The zero-order chi connectivity index (χ0) is 11.6. The van der Waals surface area contributed by atoms with Crippen LogP contribution in [0, 0.1) is 0 Å². The fourth-order valence-corrected chi connectivity index (χ4v) is 1.87. The van der Waals surface area contributed by atoms with Gasteiger partial charge < -0.3 is 9.84 Å². The molecule has 0 aliphatic carbocycles. The summed E-state index contributed by atoms with van der Waals surface area (Å²) in [6.45, 7) is 9.72. The minimum absolute atomic E-state index is 0.385. The molecule has 0 aliphatic rings. The summed E-state index contributed by atoms with van der Waals surface area (Å²) in [6.07, 6.45) is -0.917. The Kier molecular flexibility index (Phi) is 3.94. The Morgan fingerprint density at radius 2 is 1.71 bits per heavy atom. The topological polar surface area (TPSA) is 49.8 Å². The molecule has 0 unspecified atom stereocenters. The van der Waals surface area contributed by atoms with Crippen molar-refractivity contribution in [3.63, 3.8) is 0 Å². The minimum atomic E-state index is -0.917. The molecule has 0 bridgehead atoms. The summed E-state index contributed by atoms with van der Waals surface area (Å²) in [5, 5.41) is 9.14. The Labute approximate surface area is 85.9 Å². The highest BCUT2D eigenvalue weighted by atomic mass is 16.5. The highest BCUT2D eigenvalue weighted by molar-refractivity contribution is 5.67.